The molecule has 0 unspecified atom stereocenters. The first kappa shape index (κ1) is 20.3. The largest absolute Gasteiger partial charge is 0.354 e. The van der Waals surface area contributed by atoms with Crippen LogP contribution in [-0.2, 0) is 0 Å². The van der Waals surface area contributed by atoms with Crippen molar-refractivity contribution in [1.82, 2.24) is 10.1 Å². The first-order chi connectivity index (χ1) is 12.6. The van der Waals surface area contributed by atoms with Crippen molar-refractivity contribution >= 4 is 29.2 Å². The molecule has 150 valence electrons. The maximum absolute atomic E-state index is 13.6. The van der Waals surface area contributed by atoms with E-state index in [9.17, 15) is 8.78 Å². The number of hydrogen-bond acceptors (Lipinski definition) is 5. The molecule has 0 spiro atoms. The van der Waals surface area contributed by atoms with E-state index in [1.807, 2.05) is 0 Å². The lowest BCUT2D eigenvalue weighted by atomic mass is 9.84. The van der Waals surface area contributed by atoms with Crippen molar-refractivity contribution in [2.45, 2.75) is 38.1 Å². The first-order valence-corrected chi connectivity index (χ1v) is 9.57. The molecule has 2 aliphatic rings. The minimum atomic E-state index is -0.909. The molecule has 5 nitrogen and oxygen atoms in total. The third-order valence-corrected chi connectivity index (χ3v) is 5.91. The van der Waals surface area contributed by atoms with Gasteiger partial charge in [0.1, 0.15) is 0 Å². The number of benzene rings is 1. The van der Waals surface area contributed by atoms with Gasteiger partial charge in [-0.25, -0.2) is 8.78 Å². The van der Waals surface area contributed by atoms with E-state index < -0.39 is 11.6 Å². The van der Waals surface area contributed by atoms with Gasteiger partial charge in [0.15, 0.2) is 23.0 Å². The molecule has 4 rings (SSSR count). The second-order valence-electron chi connectivity index (χ2n) is 7.67. The summed E-state index contributed by atoms with van der Waals surface area (Å²) in [6.07, 6.45) is 6.08. The number of halogens is 3. The second kappa shape index (κ2) is 8.71. The molecule has 2 heterocycles. The molecule has 0 amide bonds. The quantitative estimate of drug-likeness (QED) is 0.850. The van der Waals surface area contributed by atoms with Crippen molar-refractivity contribution in [3.05, 3.63) is 23.8 Å². The fourth-order valence-corrected chi connectivity index (χ4v) is 4.17. The van der Waals surface area contributed by atoms with Crippen LogP contribution >= 0.6 is 12.4 Å². The van der Waals surface area contributed by atoms with Crippen LogP contribution in [0.25, 0.3) is 11.0 Å². The topological polar surface area (TPSA) is 58.5 Å². The molecule has 2 fully saturated rings. The van der Waals surface area contributed by atoms with E-state index in [0.29, 0.717) is 17.2 Å². The van der Waals surface area contributed by atoms with E-state index in [-0.39, 0.29) is 18.0 Å². The standard InChI is InChI=1S/C19H26F2N4O.ClH/c20-16-11-15-18(12-17(16)21)26-23-19(15)25-9-7-24(8-10-25)6-5-13-1-3-14(22)4-2-13;/h11-14H,1-10,22H2;1H/t13-,14-;. The number of nitrogens with zero attached hydrogens (tertiary/aromatic N) is 3. The van der Waals surface area contributed by atoms with Crippen molar-refractivity contribution in [1.29, 1.82) is 0 Å². The van der Waals surface area contributed by atoms with Gasteiger partial charge in [-0.15, -0.1) is 12.4 Å². The molecule has 2 N–H and O–H groups in total. The van der Waals surface area contributed by atoms with Gasteiger partial charge in [0, 0.05) is 38.3 Å². The zero-order valence-corrected chi connectivity index (χ0v) is 16.2. The van der Waals surface area contributed by atoms with Gasteiger partial charge in [-0.3, -0.25) is 4.90 Å². The number of anilines is 1. The summed E-state index contributed by atoms with van der Waals surface area (Å²) in [5.41, 5.74) is 6.27. The molecule has 1 aromatic carbocycles. The summed E-state index contributed by atoms with van der Waals surface area (Å²) in [5.74, 6) is -0.355. The van der Waals surface area contributed by atoms with E-state index in [1.165, 1.54) is 25.3 Å². The number of fused-ring (bicyclic) bond motifs is 1. The van der Waals surface area contributed by atoms with E-state index in [0.717, 1.165) is 57.5 Å². The van der Waals surface area contributed by atoms with Gasteiger partial charge in [-0.2, -0.15) is 0 Å². The molecule has 1 saturated heterocycles. The maximum atomic E-state index is 13.6. The van der Waals surface area contributed by atoms with Crippen molar-refractivity contribution in [3.63, 3.8) is 0 Å². The van der Waals surface area contributed by atoms with Crippen LogP contribution in [0.5, 0.6) is 0 Å². The number of nitrogens with two attached hydrogens (primary N) is 1. The Morgan fingerprint density at radius 2 is 1.70 bits per heavy atom. The number of rotatable bonds is 4. The van der Waals surface area contributed by atoms with Crippen LogP contribution in [0.15, 0.2) is 16.7 Å². The minimum Gasteiger partial charge on any atom is -0.354 e. The highest BCUT2D eigenvalue weighted by Crippen LogP contribution is 2.29. The van der Waals surface area contributed by atoms with Crippen LogP contribution in [0, 0.1) is 17.6 Å². The Kier molecular flexibility index (Phi) is 6.55. The average Bonchev–Trinajstić information content (AvgIpc) is 3.05. The Labute approximate surface area is 164 Å². The van der Waals surface area contributed by atoms with E-state index in [2.05, 4.69) is 15.0 Å². The highest BCUT2D eigenvalue weighted by atomic mass is 35.5. The minimum absolute atomic E-state index is 0. The molecule has 0 bridgehead atoms. The molecule has 2 aromatic rings. The smallest absolute Gasteiger partial charge is 0.180 e. The molecule has 1 aliphatic carbocycles. The highest BCUT2D eigenvalue weighted by Gasteiger charge is 2.24. The Hall–Kier alpha value is -1.44. The molecule has 0 radical (unpaired) electrons. The Morgan fingerprint density at radius 3 is 2.41 bits per heavy atom. The van der Waals surface area contributed by atoms with Gasteiger partial charge in [-0.05, 0) is 50.6 Å². The summed E-state index contributed by atoms with van der Waals surface area (Å²) < 4.78 is 32.1. The molecule has 1 saturated carbocycles. The fraction of sp³-hybridized carbons (Fsp3) is 0.632. The van der Waals surface area contributed by atoms with Gasteiger partial charge in [0.25, 0.3) is 0 Å². The van der Waals surface area contributed by atoms with Crippen molar-refractivity contribution in [2.75, 3.05) is 37.6 Å². The van der Waals surface area contributed by atoms with Crippen LogP contribution in [0.2, 0.25) is 0 Å². The van der Waals surface area contributed by atoms with E-state index >= 15 is 0 Å². The number of aromatic nitrogens is 1. The van der Waals surface area contributed by atoms with Crippen LogP contribution in [-0.4, -0.2) is 48.8 Å². The normalized spacial score (nSPS) is 24.2. The molecule has 8 heteroatoms. The molecule has 1 aliphatic heterocycles. The van der Waals surface area contributed by atoms with Gasteiger partial charge >= 0.3 is 0 Å². The fourth-order valence-electron chi connectivity index (χ4n) is 4.17. The summed E-state index contributed by atoms with van der Waals surface area (Å²) in [7, 11) is 0. The zero-order chi connectivity index (χ0) is 18.1. The maximum Gasteiger partial charge on any atom is 0.180 e. The number of piperazine rings is 1. The SMILES string of the molecule is Cl.N[C@H]1CC[C@H](CCN2CCN(c3noc4cc(F)c(F)cc34)CC2)CC1. The summed E-state index contributed by atoms with van der Waals surface area (Å²) in [6.45, 7) is 4.65. The summed E-state index contributed by atoms with van der Waals surface area (Å²) >= 11 is 0. The van der Waals surface area contributed by atoms with Gasteiger partial charge in [0.05, 0.1) is 5.39 Å². The van der Waals surface area contributed by atoms with Crippen molar-refractivity contribution in [2.24, 2.45) is 11.7 Å². The summed E-state index contributed by atoms with van der Waals surface area (Å²) in [6, 6.07) is 2.65. The van der Waals surface area contributed by atoms with Crippen LogP contribution in [0.1, 0.15) is 32.1 Å². The van der Waals surface area contributed by atoms with Crippen LogP contribution in [0.3, 0.4) is 0 Å². The predicted molar refractivity (Wildman–Crippen MR) is 104 cm³/mol. The molecule has 1 aromatic heterocycles. The third kappa shape index (κ3) is 4.52. The average molecular weight is 401 g/mol. The van der Waals surface area contributed by atoms with Gasteiger partial charge in [-0.1, -0.05) is 5.16 Å². The Bertz CT molecular complexity index is 755. The lowest BCUT2D eigenvalue weighted by Gasteiger charge is -2.36. The van der Waals surface area contributed by atoms with E-state index in [1.54, 1.807) is 0 Å². The van der Waals surface area contributed by atoms with Crippen LogP contribution < -0.4 is 10.6 Å². The van der Waals surface area contributed by atoms with Crippen molar-refractivity contribution in [3.8, 4) is 0 Å². The van der Waals surface area contributed by atoms with Gasteiger partial charge in [0.2, 0.25) is 0 Å². The summed E-state index contributed by atoms with van der Waals surface area (Å²) in [5, 5.41) is 4.58. The second-order valence-corrected chi connectivity index (χ2v) is 7.67. The number of hydrogen-bond donors (Lipinski definition) is 1. The molecule has 27 heavy (non-hydrogen) atoms. The predicted octanol–water partition coefficient (Wildman–Crippen LogP) is 3.56. The van der Waals surface area contributed by atoms with Crippen LogP contribution in [0.4, 0.5) is 14.6 Å². The molecule has 0 atom stereocenters. The van der Waals surface area contributed by atoms with E-state index in [4.69, 9.17) is 10.3 Å². The Balaban J connectivity index is 0.00000210. The highest BCUT2D eigenvalue weighted by molar-refractivity contribution is 5.88. The Morgan fingerprint density at radius 1 is 1.04 bits per heavy atom. The van der Waals surface area contributed by atoms with Gasteiger partial charge < -0.3 is 15.2 Å². The lowest BCUT2D eigenvalue weighted by Crippen LogP contribution is -2.47. The molecular weight excluding hydrogens is 374 g/mol. The van der Waals surface area contributed by atoms with Crippen molar-refractivity contribution < 1.29 is 13.3 Å². The summed E-state index contributed by atoms with van der Waals surface area (Å²) in [4.78, 5) is 4.58. The zero-order valence-electron chi connectivity index (χ0n) is 15.4. The molecular formula is C19H27ClF2N4O. The third-order valence-electron chi connectivity index (χ3n) is 5.91. The monoisotopic (exact) mass is 400 g/mol. The first-order valence-electron chi connectivity index (χ1n) is 9.57. The lowest BCUT2D eigenvalue weighted by molar-refractivity contribution is 0.216.